The van der Waals surface area contributed by atoms with Gasteiger partial charge in [0.15, 0.2) is 0 Å². The molecule has 30 heavy (non-hydrogen) atoms. The predicted octanol–water partition coefficient (Wildman–Crippen LogP) is 3.12. The van der Waals surface area contributed by atoms with Gasteiger partial charge in [-0.05, 0) is 50.5 Å². The van der Waals surface area contributed by atoms with Crippen LogP contribution in [-0.4, -0.2) is 38.8 Å². The molecule has 9 heteroatoms. The summed E-state index contributed by atoms with van der Waals surface area (Å²) in [6.45, 7) is 0.535. The third kappa shape index (κ3) is 7.57. The monoisotopic (exact) mass is 469 g/mol. The molecule has 0 fully saturated rings. The molecule has 0 radical (unpaired) electrons. The molecule has 0 spiro atoms. The fourth-order valence-corrected chi connectivity index (χ4v) is 3.39. The van der Waals surface area contributed by atoms with Crippen LogP contribution in [0, 0.1) is 0 Å². The van der Waals surface area contributed by atoms with Crippen molar-refractivity contribution in [1.82, 2.24) is 0 Å². The van der Waals surface area contributed by atoms with Crippen molar-refractivity contribution in [3.63, 3.8) is 0 Å². The fraction of sp³-hybridized carbons (Fsp3) is 0.286. The number of hydrogen-bond donors (Lipinski definition) is 7. The molecule has 2 aromatic carbocycles. The quantitative estimate of drug-likeness (QED) is 0.160. The van der Waals surface area contributed by atoms with Gasteiger partial charge in [-0.15, -0.1) is 12.6 Å². The molecule has 7 N–H and O–H groups in total. The van der Waals surface area contributed by atoms with E-state index in [2.05, 4.69) is 55.1 Å². The number of carbonyl (C=O) groups is 1. The van der Waals surface area contributed by atoms with Crippen LogP contribution in [-0.2, 0) is 8.87 Å². The molecule has 0 unspecified atom stereocenters. The standard InChI is InChI=1S/C18H16O3S3.3CH5N/c19-17(20)13(11-4-2-1-3-5-11)8-12-9-14-15(10-16(12)22)21-7-6-18(14,23)24;3*1-2/h1-5,8-10,22-24H,6-7H2,(H,19,20);3*2H2,1H3. The molecule has 1 aliphatic heterocycles. The summed E-state index contributed by atoms with van der Waals surface area (Å²) < 4.78 is 5.03. The molecule has 0 atom stereocenters. The van der Waals surface area contributed by atoms with Crippen LogP contribution < -0.4 is 21.9 Å². The normalized spacial score (nSPS) is 13.6. The van der Waals surface area contributed by atoms with Gasteiger partial charge in [-0.25, -0.2) is 4.79 Å². The Kier molecular flexibility index (Phi) is 13.6. The first-order chi connectivity index (χ1) is 14.4. The van der Waals surface area contributed by atoms with E-state index >= 15 is 0 Å². The number of aliphatic carboxylic acids is 1. The van der Waals surface area contributed by atoms with Gasteiger partial charge in [0.25, 0.3) is 0 Å². The summed E-state index contributed by atoms with van der Waals surface area (Å²) in [6.07, 6.45) is 2.28. The molecule has 1 heterocycles. The molecule has 6 nitrogen and oxygen atoms in total. The Labute approximate surface area is 195 Å². The van der Waals surface area contributed by atoms with Crippen molar-refractivity contribution in [3.8, 4) is 5.75 Å². The average Bonchev–Trinajstić information content (AvgIpc) is 2.77. The Hall–Kier alpha value is -1.62. The Morgan fingerprint density at radius 3 is 2.17 bits per heavy atom. The van der Waals surface area contributed by atoms with Gasteiger partial charge in [-0.3, -0.25) is 0 Å². The first-order valence-corrected chi connectivity index (χ1v) is 10.4. The molecule has 0 saturated carbocycles. The van der Waals surface area contributed by atoms with E-state index in [9.17, 15) is 9.90 Å². The second-order valence-electron chi connectivity index (χ2n) is 5.55. The van der Waals surface area contributed by atoms with E-state index in [1.165, 1.54) is 21.1 Å². The molecule has 0 amide bonds. The summed E-state index contributed by atoms with van der Waals surface area (Å²) in [4.78, 5) is 12.3. The van der Waals surface area contributed by atoms with Crippen LogP contribution in [0.3, 0.4) is 0 Å². The number of hydrogen-bond acceptors (Lipinski definition) is 8. The number of carboxylic acid groups (broad SMARTS) is 1. The number of nitrogens with two attached hydrogens (primary N) is 3. The summed E-state index contributed by atoms with van der Waals surface area (Å²) in [5.74, 6) is -0.309. The lowest BCUT2D eigenvalue weighted by atomic mass is 9.98. The van der Waals surface area contributed by atoms with Crippen LogP contribution in [0.4, 0.5) is 0 Å². The van der Waals surface area contributed by atoms with Gasteiger partial charge in [-0.1, -0.05) is 30.3 Å². The lowest BCUT2D eigenvalue weighted by Crippen LogP contribution is -2.22. The van der Waals surface area contributed by atoms with E-state index in [0.29, 0.717) is 34.8 Å². The Morgan fingerprint density at radius 2 is 1.63 bits per heavy atom. The highest BCUT2D eigenvalue weighted by molar-refractivity contribution is 7.99. The number of ether oxygens (including phenoxy) is 1. The van der Waals surface area contributed by atoms with Crippen molar-refractivity contribution in [1.29, 1.82) is 0 Å². The van der Waals surface area contributed by atoms with Gasteiger partial charge >= 0.3 is 5.97 Å². The minimum atomic E-state index is -0.995. The zero-order valence-corrected chi connectivity index (χ0v) is 20.1. The van der Waals surface area contributed by atoms with E-state index in [0.717, 1.165) is 5.56 Å². The maximum Gasteiger partial charge on any atom is 0.336 e. The molecule has 0 bridgehead atoms. The van der Waals surface area contributed by atoms with Crippen molar-refractivity contribution in [2.75, 3.05) is 27.7 Å². The third-order valence-corrected chi connectivity index (χ3v) is 5.20. The van der Waals surface area contributed by atoms with Crippen LogP contribution in [0.1, 0.15) is 23.1 Å². The van der Waals surface area contributed by atoms with Crippen molar-refractivity contribution < 1.29 is 14.6 Å². The van der Waals surface area contributed by atoms with Crippen molar-refractivity contribution in [3.05, 3.63) is 59.2 Å². The average molecular weight is 470 g/mol. The highest BCUT2D eigenvalue weighted by atomic mass is 32.2. The largest absolute Gasteiger partial charge is 0.493 e. The maximum absolute atomic E-state index is 11.7. The highest BCUT2D eigenvalue weighted by Gasteiger charge is 2.31. The number of thiol groups is 3. The van der Waals surface area contributed by atoms with Crippen LogP contribution in [0.25, 0.3) is 11.6 Å². The van der Waals surface area contributed by atoms with Crippen LogP contribution >= 0.6 is 37.9 Å². The number of fused-ring (bicyclic) bond motifs is 1. The zero-order chi connectivity index (χ0) is 23.3. The molecule has 2 aromatic rings. The number of rotatable bonds is 3. The molecule has 0 aromatic heterocycles. The van der Waals surface area contributed by atoms with E-state index < -0.39 is 10.0 Å². The van der Waals surface area contributed by atoms with Crippen LogP contribution in [0.5, 0.6) is 5.75 Å². The Bertz CT molecular complexity index is 829. The van der Waals surface area contributed by atoms with E-state index in [1.54, 1.807) is 36.4 Å². The SMILES string of the molecule is CN.CN.CN.O=C(O)C(=Cc1cc2c(cc1S)OCCC2(S)S)c1ccccc1. The summed E-state index contributed by atoms with van der Waals surface area (Å²) in [5, 5.41) is 9.57. The highest BCUT2D eigenvalue weighted by Crippen LogP contribution is 2.46. The predicted molar refractivity (Wildman–Crippen MR) is 136 cm³/mol. The Balaban J connectivity index is 0.00000129. The Morgan fingerprint density at radius 1 is 1.07 bits per heavy atom. The number of benzene rings is 2. The molecule has 0 aliphatic carbocycles. The van der Waals surface area contributed by atoms with Gasteiger partial charge in [0.05, 0.1) is 16.3 Å². The van der Waals surface area contributed by atoms with Gasteiger partial charge in [-0.2, -0.15) is 25.3 Å². The topological polar surface area (TPSA) is 125 Å². The number of carboxylic acids is 1. The summed E-state index contributed by atoms with van der Waals surface area (Å²) in [7, 11) is 4.50. The molecule has 0 saturated heterocycles. The second-order valence-corrected chi connectivity index (χ2v) is 7.91. The maximum atomic E-state index is 11.7. The van der Waals surface area contributed by atoms with Gasteiger partial charge in [0.2, 0.25) is 0 Å². The smallest absolute Gasteiger partial charge is 0.336 e. The van der Waals surface area contributed by atoms with Crippen molar-refractivity contribution >= 4 is 55.5 Å². The third-order valence-electron chi connectivity index (χ3n) is 3.88. The molecule has 3 rings (SSSR count). The van der Waals surface area contributed by atoms with Gasteiger partial charge < -0.3 is 27.0 Å². The van der Waals surface area contributed by atoms with Crippen LogP contribution in [0.2, 0.25) is 0 Å². The lowest BCUT2D eigenvalue weighted by Gasteiger charge is -2.31. The van der Waals surface area contributed by atoms with E-state index in [-0.39, 0.29) is 5.57 Å². The summed E-state index contributed by atoms with van der Waals surface area (Å²) >= 11 is 13.7. The molecule has 1 aliphatic rings. The first kappa shape index (κ1) is 28.4. The minimum Gasteiger partial charge on any atom is -0.493 e. The van der Waals surface area contributed by atoms with E-state index in [1.807, 2.05) is 12.1 Å². The van der Waals surface area contributed by atoms with Crippen LogP contribution in [0.15, 0.2) is 47.4 Å². The first-order valence-electron chi connectivity index (χ1n) is 9.07. The van der Waals surface area contributed by atoms with Gasteiger partial charge in [0.1, 0.15) is 5.75 Å². The second kappa shape index (κ2) is 14.4. The van der Waals surface area contributed by atoms with E-state index in [4.69, 9.17) is 4.74 Å². The molecular formula is C21H31N3O3S3. The summed E-state index contributed by atoms with van der Waals surface area (Å²) in [5.41, 5.74) is 15.8. The lowest BCUT2D eigenvalue weighted by molar-refractivity contribution is -0.130. The van der Waals surface area contributed by atoms with Gasteiger partial charge in [0, 0.05) is 16.9 Å². The molecule has 166 valence electrons. The van der Waals surface area contributed by atoms with Crippen molar-refractivity contribution in [2.24, 2.45) is 17.2 Å². The fourth-order valence-electron chi connectivity index (χ4n) is 2.61. The van der Waals surface area contributed by atoms with Crippen molar-refractivity contribution in [2.45, 2.75) is 15.4 Å². The molecular weight excluding hydrogens is 438 g/mol. The summed E-state index contributed by atoms with van der Waals surface area (Å²) in [6, 6.07) is 12.6. The zero-order valence-electron chi connectivity index (χ0n) is 17.4. The minimum absolute atomic E-state index is 0.200.